The average Bonchev–Trinajstić information content (AvgIpc) is 2.22. The van der Waals surface area contributed by atoms with E-state index in [9.17, 15) is 5.11 Å². The SMILES string of the molecule is COCCCC(O)Cc1ccncc1Cl. The van der Waals surface area contributed by atoms with Gasteiger partial charge < -0.3 is 9.84 Å². The third-order valence-electron chi connectivity index (χ3n) is 2.20. The van der Waals surface area contributed by atoms with E-state index in [0.717, 1.165) is 18.4 Å². The van der Waals surface area contributed by atoms with Crippen LogP contribution >= 0.6 is 11.6 Å². The number of ether oxygens (including phenoxy) is 1. The van der Waals surface area contributed by atoms with Crippen molar-refractivity contribution in [3.63, 3.8) is 0 Å². The van der Waals surface area contributed by atoms with Gasteiger partial charge in [0, 0.05) is 26.1 Å². The number of nitrogens with zero attached hydrogens (tertiary/aromatic N) is 1. The third kappa shape index (κ3) is 4.60. The summed E-state index contributed by atoms with van der Waals surface area (Å²) in [7, 11) is 1.66. The number of hydrogen-bond acceptors (Lipinski definition) is 3. The molecule has 0 bridgehead atoms. The van der Waals surface area contributed by atoms with Gasteiger partial charge >= 0.3 is 0 Å². The summed E-state index contributed by atoms with van der Waals surface area (Å²) in [5, 5.41) is 10.3. The fourth-order valence-electron chi connectivity index (χ4n) is 1.39. The molecule has 1 rings (SSSR count). The molecule has 0 fully saturated rings. The molecular weight excluding hydrogens is 214 g/mol. The van der Waals surface area contributed by atoms with Crippen LogP contribution in [0.2, 0.25) is 5.02 Å². The van der Waals surface area contributed by atoms with E-state index in [4.69, 9.17) is 16.3 Å². The summed E-state index contributed by atoms with van der Waals surface area (Å²) in [5.74, 6) is 0. The van der Waals surface area contributed by atoms with E-state index in [-0.39, 0.29) is 6.10 Å². The molecule has 0 aromatic carbocycles. The Morgan fingerprint density at radius 3 is 3.07 bits per heavy atom. The van der Waals surface area contributed by atoms with Crippen molar-refractivity contribution in [3.05, 3.63) is 29.0 Å². The largest absolute Gasteiger partial charge is 0.393 e. The lowest BCUT2D eigenvalue weighted by Crippen LogP contribution is -2.11. The topological polar surface area (TPSA) is 42.4 Å². The Balaban J connectivity index is 2.37. The van der Waals surface area contributed by atoms with Gasteiger partial charge in [-0.05, 0) is 30.9 Å². The monoisotopic (exact) mass is 229 g/mol. The van der Waals surface area contributed by atoms with E-state index < -0.39 is 0 Å². The molecule has 0 aliphatic heterocycles. The minimum atomic E-state index is -0.361. The standard InChI is InChI=1S/C11H16ClNO2/c1-15-6-2-3-10(14)7-9-4-5-13-8-11(9)12/h4-5,8,10,14H,2-3,6-7H2,1H3. The normalized spacial score (nSPS) is 12.7. The minimum absolute atomic E-state index is 0.361. The summed E-state index contributed by atoms with van der Waals surface area (Å²) >= 11 is 5.93. The van der Waals surface area contributed by atoms with Crippen LogP contribution in [0.5, 0.6) is 0 Å². The van der Waals surface area contributed by atoms with E-state index in [1.165, 1.54) is 0 Å². The van der Waals surface area contributed by atoms with Gasteiger partial charge in [0.15, 0.2) is 0 Å². The number of methoxy groups -OCH3 is 1. The van der Waals surface area contributed by atoms with Crippen molar-refractivity contribution in [2.45, 2.75) is 25.4 Å². The van der Waals surface area contributed by atoms with Gasteiger partial charge in [-0.2, -0.15) is 0 Å². The molecule has 1 N–H and O–H groups in total. The number of pyridine rings is 1. The number of aliphatic hydroxyl groups is 1. The summed E-state index contributed by atoms with van der Waals surface area (Å²) in [6.07, 6.45) is 5.08. The molecule has 4 heteroatoms. The highest BCUT2D eigenvalue weighted by Gasteiger charge is 2.07. The second kappa shape index (κ2) is 6.77. The molecule has 0 spiro atoms. The molecule has 0 radical (unpaired) electrons. The first kappa shape index (κ1) is 12.4. The zero-order chi connectivity index (χ0) is 11.1. The van der Waals surface area contributed by atoms with E-state index in [1.807, 2.05) is 6.07 Å². The van der Waals surface area contributed by atoms with E-state index >= 15 is 0 Å². The quantitative estimate of drug-likeness (QED) is 0.760. The fourth-order valence-corrected chi connectivity index (χ4v) is 1.59. The number of aliphatic hydroxyl groups excluding tert-OH is 1. The maximum atomic E-state index is 9.72. The van der Waals surface area contributed by atoms with Crippen molar-refractivity contribution in [1.82, 2.24) is 4.98 Å². The molecule has 1 unspecified atom stereocenters. The highest BCUT2D eigenvalue weighted by atomic mass is 35.5. The van der Waals surface area contributed by atoms with Crippen LogP contribution in [0.4, 0.5) is 0 Å². The first-order valence-electron chi connectivity index (χ1n) is 4.99. The van der Waals surface area contributed by atoms with Crippen molar-refractivity contribution < 1.29 is 9.84 Å². The molecule has 0 saturated carbocycles. The molecule has 0 amide bonds. The maximum Gasteiger partial charge on any atom is 0.0622 e. The van der Waals surface area contributed by atoms with Crippen LogP contribution in [-0.4, -0.2) is 29.9 Å². The molecule has 1 aromatic rings. The summed E-state index contributed by atoms with van der Waals surface area (Å²) in [6, 6.07) is 1.84. The predicted octanol–water partition coefficient (Wildman–Crippen LogP) is 2.06. The Labute approximate surface area is 95.1 Å². The third-order valence-corrected chi connectivity index (χ3v) is 2.54. The van der Waals surface area contributed by atoms with Crippen LogP contribution in [-0.2, 0) is 11.2 Å². The van der Waals surface area contributed by atoms with Crippen LogP contribution in [0.1, 0.15) is 18.4 Å². The fraction of sp³-hybridized carbons (Fsp3) is 0.545. The number of hydrogen-bond donors (Lipinski definition) is 1. The highest BCUT2D eigenvalue weighted by molar-refractivity contribution is 6.31. The lowest BCUT2D eigenvalue weighted by molar-refractivity contribution is 0.135. The summed E-state index contributed by atoms with van der Waals surface area (Å²) in [6.45, 7) is 0.682. The van der Waals surface area contributed by atoms with Crippen LogP contribution in [0.15, 0.2) is 18.5 Å². The number of rotatable bonds is 6. The van der Waals surface area contributed by atoms with Crippen LogP contribution in [0, 0.1) is 0 Å². The van der Waals surface area contributed by atoms with Gasteiger partial charge in [0.1, 0.15) is 0 Å². The van der Waals surface area contributed by atoms with Crippen molar-refractivity contribution in [2.24, 2.45) is 0 Å². The molecule has 0 aliphatic rings. The molecule has 84 valence electrons. The van der Waals surface area contributed by atoms with Gasteiger partial charge in [-0.15, -0.1) is 0 Å². The Bertz CT molecular complexity index is 294. The second-order valence-corrected chi connectivity index (χ2v) is 3.87. The van der Waals surface area contributed by atoms with Gasteiger partial charge in [-0.25, -0.2) is 0 Å². The zero-order valence-electron chi connectivity index (χ0n) is 8.82. The average molecular weight is 230 g/mol. The van der Waals surface area contributed by atoms with Crippen LogP contribution < -0.4 is 0 Å². The first-order chi connectivity index (χ1) is 7.24. The minimum Gasteiger partial charge on any atom is -0.393 e. The zero-order valence-corrected chi connectivity index (χ0v) is 9.57. The smallest absolute Gasteiger partial charge is 0.0622 e. The lowest BCUT2D eigenvalue weighted by Gasteiger charge is -2.10. The van der Waals surface area contributed by atoms with Gasteiger partial charge in [-0.1, -0.05) is 11.6 Å². The second-order valence-electron chi connectivity index (χ2n) is 3.46. The summed E-state index contributed by atoms with van der Waals surface area (Å²) in [4.78, 5) is 3.89. The summed E-state index contributed by atoms with van der Waals surface area (Å²) < 4.78 is 4.92. The molecule has 1 atom stereocenters. The van der Waals surface area contributed by atoms with E-state index in [2.05, 4.69) is 4.98 Å². The number of halogens is 1. The Morgan fingerprint density at radius 2 is 2.40 bits per heavy atom. The van der Waals surface area contributed by atoms with E-state index in [1.54, 1.807) is 19.5 Å². The molecule has 15 heavy (non-hydrogen) atoms. The van der Waals surface area contributed by atoms with Crippen molar-refractivity contribution in [3.8, 4) is 0 Å². The number of aromatic nitrogens is 1. The Hall–Kier alpha value is -0.640. The van der Waals surface area contributed by atoms with Crippen molar-refractivity contribution in [1.29, 1.82) is 0 Å². The highest BCUT2D eigenvalue weighted by Crippen LogP contribution is 2.16. The van der Waals surface area contributed by atoms with Gasteiger partial charge in [0.2, 0.25) is 0 Å². The van der Waals surface area contributed by atoms with Crippen LogP contribution in [0.3, 0.4) is 0 Å². The van der Waals surface area contributed by atoms with Crippen molar-refractivity contribution in [2.75, 3.05) is 13.7 Å². The maximum absolute atomic E-state index is 9.72. The molecule has 3 nitrogen and oxygen atoms in total. The predicted molar refractivity (Wildman–Crippen MR) is 60.1 cm³/mol. The molecule has 1 heterocycles. The Kier molecular flexibility index (Phi) is 5.61. The lowest BCUT2D eigenvalue weighted by atomic mass is 10.1. The summed E-state index contributed by atoms with van der Waals surface area (Å²) in [5.41, 5.74) is 0.941. The van der Waals surface area contributed by atoms with Gasteiger partial charge in [0.05, 0.1) is 11.1 Å². The van der Waals surface area contributed by atoms with E-state index in [0.29, 0.717) is 18.1 Å². The van der Waals surface area contributed by atoms with Crippen LogP contribution in [0.25, 0.3) is 0 Å². The first-order valence-corrected chi connectivity index (χ1v) is 5.37. The molecule has 0 aliphatic carbocycles. The molecule has 0 saturated heterocycles. The Morgan fingerprint density at radius 1 is 1.60 bits per heavy atom. The van der Waals surface area contributed by atoms with Crippen molar-refractivity contribution >= 4 is 11.6 Å². The molecular formula is C11H16ClNO2. The molecule has 1 aromatic heterocycles. The van der Waals surface area contributed by atoms with Gasteiger partial charge in [0.25, 0.3) is 0 Å². The van der Waals surface area contributed by atoms with Gasteiger partial charge in [-0.3, -0.25) is 4.98 Å².